The summed E-state index contributed by atoms with van der Waals surface area (Å²) in [5.41, 5.74) is 5.48. The standard InChI is InChI=1S/C14H26N2O/c1-10-8-13(2,3)9-14(10,12(15)17)16-11-6-4-5-7-11/h10-11,16H,4-9H2,1-3H3,(H2,15,17). The molecule has 17 heavy (non-hydrogen) atoms. The van der Waals surface area contributed by atoms with Crippen molar-refractivity contribution in [2.24, 2.45) is 17.1 Å². The average Bonchev–Trinajstić information content (AvgIpc) is 2.74. The Morgan fingerprint density at radius 3 is 2.29 bits per heavy atom. The summed E-state index contributed by atoms with van der Waals surface area (Å²) < 4.78 is 0. The highest BCUT2D eigenvalue weighted by molar-refractivity contribution is 5.85. The Bertz CT molecular complexity index is 307. The molecule has 2 fully saturated rings. The molecule has 2 aliphatic rings. The summed E-state index contributed by atoms with van der Waals surface area (Å²) in [7, 11) is 0. The second-order valence-corrected chi connectivity index (χ2v) is 6.91. The van der Waals surface area contributed by atoms with Crippen LogP contribution in [0.1, 0.15) is 59.3 Å². The molecule has 0 saturated heterocycles. The normalized spacial score (nSPS) is 37.5. The van der Waals surface area contributed by atoms with E-state index in [1.54, 1.807) is 0 Å². The minimum absolute atomic E-state index is 0.150. The SMILES string of the molecule is CC1CC(C)(C)CC1(NC1CCCC1)C(N)=O. The second kappa shape index (κ2) is 4.27. The highest BCUT2D eigenvalue weighted by Crippen LogP contribution is 2.48. The minimum atomic E-state index is -0.460. The van der Waals surface area contributed by atoms with E-state index < -0.39 is 5.54 Å². The molecule has 3 heteroatoms. The fourth-order valence-electron chi connectivity index (χ4n) is 4.03. The number of carbonyl (C=O) groups is 1. The quantitative estimate of drug-likeness (QED) is 0.792. The van der Waals surface area contributed by atoms with E-state index in [1.165, 1.54) is 25.7 Å². The number of rotatable bonds is 3. The topological polar surface area (TPSA) is 55.1 Å². The van der Waals surface area contributed by atoms with Crippen molar-refractivity contribution >= 4 is 5.91 Å². The van der Waals surface area contributed by atoms with Gasteiger partial charge >= 0.3 is 0 Å². The smallest absolute Gasteiger partial charge is 0.238 e. The molecule has 0 aromatic rings. The Balaban J connectivity index is 2.17. The molecular formula is C14H26N2O. The van der Waals surface area contributed by atoms with E-state index in [2.05, 4.69) is 26.1 Å². The molecule has 98 valence electrons. The number of carbonyl (C=O) groups excluding carboxylic acids is 1. The number of amides is 1. The van der Waals surface area contributed by atoms with E-state index in [-0.39, 0.29) is 11.3 Å². The van der Waals surface area contributed by atoms with Gasteiger partial charge in [0.25, 0.3) is 0 Å². The minimum Gasteiger partial charge on any atom is -0.368 e. The van der Waals surface area contributed by atoms with Gasteiger partial charge in [-0.05, 0) is 37.0 Å². The summed E-state index contributed by atoms with van der Waals surface area (Å²) >= 11 is 0. The summed E-state index contributed by atoms with van der Waals surface area (Å²) in [5, 5.41) is 3.62. The second-order valence-electron chi connectivity index (χ2n) is 6.91. The Morgan fingerprint density at radius 1 is 1.29 bits per heavy atom. The van der Waals surface area contributed by atoms with Gasteiger partial charge in [-0.25, -0.2) is 0 Å². The summed E-state index contributed by atoms with van der Waals surface area (Å²) in [6.45, 7) is 6.65. The van der Waals surface area contributed by atoms with Crippen LogP contribution in [0.5, 0.6) is 0 Å². The fraction of sp³-hybridized carbons (Fsp3) is 0.929. The van der Waals surface area contributed by atoms with Crippen LogP contribution in [-0.4, -0.2) is 17.5 Å². The molecule has 0 bridgehead atoms. The van der Waals surface area contributed by atoms with Crippen LogP contribution in [0.3, 0.4) is 0 Å². The van der Waals surface area contributed by atoms with Gasteiger partial charge in [-0.2, -0.15) is 0 Å². The van der Waals surface area contributed by atoms with E-state index in [0.29, 0.717) is 12.0 Å². The zero-order valence-corrected chi connectivity index (χ0v) is 11.4. The van der Waals surface area contributed by atoms with Crippen molar-refractivity contribution in [3.05, 3.63) is 0 Å². The summed E-state index contributed by atoms with van der Waals surface area (Å²) in [6, 6.07) is 0.499. The monoisotopic (exact) mass is 238 g/mol. The van der Waals surface area contributed by atoms with Gasteiger partial charge in [0.2, 0.25) is 5.91 Å². The van der Waals surface area contributed by atoms with Crippen molar-refractivity contribution < 1.29 is 4.79 Å². The van der Waals surface area contributed by atoms with Crippen LogP contribution in [-0.2, 0) is 4.79 Å². The molecule has 3 nitrogen and oxygen atoms in total. The molecule has 2 saturated carbocycles. The van der Waals surface area contributed by atoms with Gasteiger partial charge in [0, 0.05) is 6.04 Å². The van der Waals surface area contributed by atoms with Crippen LogP contribution in [0.25, 0.3) is 0 Å². The van der Waals surface area contributed by atoms with Crippen LogP contribution in [0.15, 0.2) is 0 Å². The third kappa shape index (κ3) is 2.35. The van der Waals surface area contributed by atoms with Gasteiger partial charge in [-0.15, -0.1) is 0 Å². The zero-order chi connectivity index (χ0) is 12.7. The number of nitrogens with one attached hydrogen (secondary N) is 1. The van der Waals surface area contributed by atoms with Crippen molar-refractivity contribution in [1.29, 1.82) is 0 Å². The van der Waals surface area contributed by atoms with Crippen LogP contribution in [0.2, 0.25) is 0 Å². The molecule has 2 unspecified atom stereocenters. The summed E-state index contributed by atoms with van der Waals surface area (Å²) in [5.74, 6) is 0.193. The lowest BCUT2D eigenvalue weighted by molar-refractivity contribution is -0.126. The van der Waals surface area contributed by atoms with Crippen LogP contribution in [0, 0.1) is 11.3 Å². The first-order valence-corrected chi connectivity index (χ1v) is 6.93. The van der Waals surface area contributed by atoms with Gasteiger partial charge in [0.15, 0.2) is 0 Å². The van der Waals surface area contributed by atoms with Crippen LogP contribution < -0.4 is 11.1 Å². The van der Waals surface area contributed by atoms with E-state index >= 15 is 0 Å². The van der Waals surface area contributed by atoms with Gasteiger partial charge in [0.05, 0.1) is 0 Å². The molecule has 3 N–H and O–H groups in total. The van der Waals surface area contributed by atoms with Gasteiger partial charge in [-0.3, -0.25) is 4.79 Å². The first-order chi connectivity index (χ1) is 7.86. The molecule has 0 aromatic carbocycles. The number of hydrogen-bond acceptors (Lipinski definition) is 2. The summed E-state index contributed by atoms with van der Waals surface area (Å²) in [4.78, 5) is 12.0. The maximum Gasteiger partial charge on any atom is 0.238 e. The van der Waals surface area contributed by atoms with Crippen molar-refractivity contribution in [1.82, 2.24) is 5.32 Å². The third-order valence-electron chi connectivity index (χ3n) is 4.71. The average molecular weight is 238 g/mol. The Kier molecular flexibility index (Phi) is 3.23. The van der Waals surface area contributed by atoms with E-state index in [0.717, 1.165) is 12.8 Å². The molecule has 0 radical (unpaired) electrons. The number of nitrogens with two attached hydrogens (primary N) is 1. The Hall–Kier alpha value is -0.570. The van der Waals surface area contributed by atoms with Crippen molar-refractivity contribution in [2.75, 3.05) is 0 Å². The highest BCUT2D eigenvalue weighted by atomic mass is 16.1. The molecule has 0 spiro atoms. The lowest BCUT2D eigenvalue weighted by Crippen LogP contribution is -2.60. The van der Waals surface area contributed by atoms with Gasteiger partial charge in [-0.1, -0.05) is 33.6 Å². The highest BCUT2D eigenvalue weighted by Gasteiger charge is 2.53. The maximum atomic E-state index is 12.0. The van der Waals surface area contributed by atoms with Crippen LogP contribution in [0.4, 0.5) is 0 Å². The lowest BCUT2D eigenvalue weighted by Gasteiger charge is -2.35. The first kappa shape index (κ1) is 12.9. The molecule has 2 atom stereocenters. The predicted molar refractivity (Wildman–Crippen MR) is 69.5 cm³/mol. The van der Waals surface area contributed by atoms with Crippen LogP contribution >= 0.6 is 0 Å². The van der Waals surface area contributed by atoms with E-state index in [4.69, 9.17) is 5.73 Å². The molecule has 1 amide bonds. The lowest BCUT2D eigenvalue weighted by atomic mass is 9.84. The molecular weight excluding hydrogens is 212 g/mol. The predicted octanol–water partition coefficient (Wildman–Crippen LogP) is 2.20. The first-order valence-electron chi connectivity index (χ1n) is 6.93. The maximum absolute atomic E-state index is 12.0. The van der Waals surface area contributed by atoms with Gasteiger partial charge in [0.1, 0.15) is 5.54 Å². The fourth-order valence-corrected chi connectivity index (χ4v) is 4.03. The molecule has 2 aliphatic carbocycles. The van der Waals surface area contributed by atoms with E-state index in [9.17, 15) is 4.79 Å². The van der Waals surface area contributed by atoms with E-state index in [1.807, 2.05) is 0 Å². The third-order valence-corrected chi connectivity index (χ3v) is 4.71. The molecule has 0 aromatic heterocycles. The number of hydrogen-bond donors (Lipinski definition) is 2. The zero-order valence-electron chi connectivity index (χ0n) is 11.4. The van der Waals surface area contributed by atoms with Gasteiger partial charge < -0.3 is 11.1 Å². The Labute approximate surface area is 105 Å². The molecule has 0 heterocycles. The number of primary amides is 1. The largest absolute Gasteiger partial charge is 0.368 e. The van der Waals surface area contributed by atoms with Crippen molar-refractivity contribution in [3.8, 4) is 0 Å². The molecule has 0 aliphatic heterocycles. The molecule has 2 rings (SSSR count). The Morgan fingerprint density at radius 2 is 1.88 bits per heavy atom. The summed E-state index contributed by atoms with van der Waals surface area (Å²) in [6.07, 6.45) is 6.92. The van der Waals surface area contributed by atoms with Crippen molar-refractivity contribution in [3.63, 3.8) is 0 Å². The van der Waals surface area contributed by atoms with Crippen molar-refractivity contribution in [2.45, 2.75) is 70.9 Å².